The maximum atomic E-state index is 5.83. The van der Waals surface area contributed by atoms with Crippen LogP contribution in [-0.2, 0) is 6.61 Å². The van der Waals surface area contributed by atoms with Gasteiger partial charge in [-0.3, -0.25) is 0 Å². The van der Waals surface area contributed by atoms with Crippen LogP contribution < -0.4 is 4.74 Å². The van der Waals surface area contributed by atoms with E-state index in [9.17, 15) is 0 Å². The van der Waals surface area contributed by atoms with E-state index in [0.717, 1.165) is 22.1 Å². The summed E-state index contributed by atoms with van der Waals surface area (Å²) in [5.74, 6) is 2.31. The summed E-state index contributed by atoms with van der Waals surface area (Å²) < 4.78 is 11.3. The molecule has 26 heavy (non-hydrogen) atoms. The van der Waals surface area contributed by atoms with Gasteiger partial charge in [-0.25, -0.2) is 0 Å². The lowest BCUT2D eigenvalue weighted by molar-refractivity contribution is 0.286. The van der Waals surface area contributed by atoms with Crippen LogP contribution in [-0.4, -0.2) is 10.1 Å². The van der Waals surface area contributed by atoms with E-state index in [0.29, 0.717) is 17.6 Å². The Kier molecular flexibility index (Phi) is 4.40. The molecule has 0 aliphatic rings. The first kappa shape index (κ1) is 16.3. The second-order valence-corrected chi connectivity index (χ2v) is 6.56. The highest BCUT2D eigenvalue weighted by Crippen LogP contribution is 2.27. The molecule has 0 N–H and O–H groups in total. The molecule has 0 amide bonds. The first-order valence-corrected chi connectivity index (χ1v) is 8.74. The van der Waals surface area contributed by atoms with Gasteiger partial charge in [0.15, 0.2) is 6.61 Å². The fourth-order valence-corrected chi connectivity index (χ4v) is 2.95. The van der Waals surface area contributed by atoms with E-state index in [4.69, 9.17) is 9.26 Å². The average Bonchev–Trinajstić information content (AvgIpc) is 3.15. The van der Waals surface area contributed by atoms with Crippen LogP contribution in [0.15, 0.2) is 71.3 Å². The Hall–Kier alpha value is -3.14. The molecule has 4 nitrogen and oxygen atoms in total. The van der Waals surface area contributed by atoms with Gasteiger partial charge in [-0.1, -0.05) is 67.5 Å². The van der Waals surface area contributed by atoms with Crippen molar-refractivity contribution in [3.8, 4) is 17.2 Å². The van der Waals surface area contributed by atoms with Crippen LogP contribution in [0.25, 0.3) is 22.2 Å². The molecule has 4 aromatic rings. The minimum atomic E-state index is 0.274. The minimum absolute atomic E-state index is 0.274. The van der Waals surface area contributed by atoms with Gasteiger partial charge in [0.05, 0.1) is 0 Å². The smallest absolute Gasteiger partial charge is 0.258 e. The predicted molar refractivity (Wildman–Crippen MR) is 102 cm³/mol. The van der Waals surface area contributed by atoms with Crippen molar-refractivity contribution in [2.75, 3.05) is 0 Å². The molecule has 3 aromatic carbocycles. The molecule has 0 fully saturated rings. The van der Waals surface area contributed by atoms with Crippen LogP contribution in [0.1, 0.15) is 31.2 Å². The molecule has 0 bridgehead atoms. The fraction of sp³-hybridized carbons (Fsp3) is 0.182. The van der Waals surface area contributed by atoms with Crippen molar-refractivity contribution in [2.24, 2.45) is 0 Å². The van der Waals surface area contributed by atoms with Gasteiger partial charge in [-0.2, -0.15) is 4.98 Å². The molecule has 0 unspecified atom stereocenters. The zero-order chi connectivity index (χ0) is 17.9. The Morgan fingerprint density at radius 1 is 0.962 bits per heavy atom. The summed E-state index contributed by atoms with van der Waals surface area (Å²) in [7, 11) is 0. The maximum absolute atomic E-state index is 5.83. The summed E-state index contributed by atoms with van der Waals surface area (Å²) >= 11 is 0. The summed E-state index contributed by atoms with van der Waals surface area (Å²) in [5, 5.41) is 6.30. The molecule has 4 heteroatoms. The zero-order valence-electron chi connectivity index (χ0n) is 14.8. The lowest BCUT2D eigenvalue weighted by Gasteiger charge is -2.08. The van der Waals surface area contributed by atoms with E-state index >= 15 is 0 Å². The topological polar surface area (TPSA) is 48.2 Å². The molecule has 0 spiro atoms. The second-order valence-electron chi connectivity index (χ2n) is 6.56. The van der Waals surface area contributed by atoms with Gasteiger partial charge in [-0.05, 0) is 40.5 Å². The highest BCUT2D eigenvalue weighted by atomic mass is 16.5. The minimum Gasteiger partial charge on any atom is -0.485 e. The molecule has 0 radical (unpaired) electrons. The first-order chi connectivity index (χ1) is 12.7. The van der Waals surface area contributed by atoms with Gasteiger partial charge in [0.1, 0.15) is 5.75 Å². The Morgan fingerprint density at radius 3 is 2.65 bits per heavy atom. The number of ether oxygens (including phenoxy) is 1. The monoisotopic (exact) mass is 344 g/mol. The van der Waals surface area contributed by atoms with Crippen LogP contribution >= 0.6 is 0 Å². The summed E-state index contributed by atoms with van der Waals surface area (Å²) in [6.45, 7) is 4.60. The van der Waals surface area contributed by atoms with Crippen molar-refractivity contribution in [2.45, 2.75) is 26.4 Å². The number of aromatic nitrogens is 2. The van der Waals surface area contributed by atoms with E-state index in [2.05, 4.69) is 54.3 Å². The van der Waals surface area contributed by atoms with E-state index in [1.54, 1.807) is 0 Å². The molecule has 1 aromatic heterocycles. The molecule has 0 saturated heterocycles. The molecular formula is C22H20N2O2. The normalized spacial score (nSPS) is 11.2. The van der Waals surface area contributed by atoms with E-state index in [1.807, 2.05) is 36.4 Å². The van der Waals surface area contributed by atoms with E-state index < -0.39 is 0 Å². The van der Waals surface area contributed by atoms with Gasteiger partial charge < -0.3 is 9.26 Å². The number of nitrogens with zero attached hydrogens (tertiary/aromatic N) is 2. The highest BCUT2D eigenvalue weighted by molar-refractivity contribution is 5.94. The number of fused-ring (bicyclic) bond motifs is 1. The van der Waals surface area contributed by atoms with Crippen LogP contribution in [0.5, 0.6) is 5.75 Å². The fourth-order valence-electron chi connectivity index (χ4n) is 2.95. The molecule has 130 valence electrons. The Labute approximate surface area is 152 Å². The van der Waals surface area contributed by atoms with Crippen LogP contribution in [0, 0.1) is 0 Å². The van der Waals surface area contributed by atoms with Gasteiger partial charge >= 0.3 is 0 Å². The van der Waals surface area contributed by atoms with Crippen molar-refractivity contribution >= 4 is 10.8 Å². The zero-order valence-corrected chi connectivity index (χ0v) is 14.8. The quantitative estimate of drug-likeness (QED) is 0.473. The standard InChI is InChI=1S/C22H20N2O2/c1-15(2)17-9-5-10-18(13-17)25-14-21-23-22(26-24-21)20-12-6-8-16-7-3-4-11-19(16)20/h3-13,15H,14H2,1-2H3. The lowest BCUT2D eigenvalue weighted by Crippen LogP contribution is -1.98. The molecule has 1 heterocycles. The Bertz CT molecular complexity index is 1030. The van der Waals surface area contributed by atoms with Crippen molar-refractivity contribution < 1.29 is 9.26 Å². The van der Waals surface area contributed by atoms with Crippen LogP contribution in [0.4, 0.5) is 0 Å². The third-order valence-corrected chi connectivity index (χ3v) is 4.38. The third-order valence-electron chi connectivity index (χ3n) is 4.38. The maximum Gasteiger partial charge on any atom is 0.258 e. The van der Waals surface area contributed by atoms with E-state index in [-0.39, 0.29) is 6.61 Å². The molecule has 0 saturated carbocycles. The average molecular weight is 344 g/mol. The van der Waals surface area contributed by atoms with Crippen LogP contribution in [0.3, 0.4) is 0 Å². The van der Waals surface area contributed by atoms with Crippen molar-refractivity contribution in [1.29, 1.82) is 0 Å². The predicted octanol–water partition coefficient (Wildman–Crippen LogP) is 5.59. The Balaban J connectivity index is 1.54. The van der Waals surface area contributed by atoms with E-state index in [1.165, 1.54) is 5.56 Å². The van der Waals surface area contributed by atoms with Gasteiger partial charge in [-0.15, -0.1) is 0 Å². The summed E-state index contributed by atoms with van der Waals surface area (Å²) in [6.07, 6.45) is 0. The van der Waals surface area contributed by atoms with Crippen molar-refractivity contribution in [1.82, 2.24) is 10.1 Å². The van der Waals surface area contributed by atoms with Crippen LogP contribution in [0.2, 0.25) is 0 Å². The number of rotatable bonds is 5. The van der Waals surface area contributed by atoms with Gasteiger partial charge in [0.2, 0.25) is 5.82 Å². The molecule has 0 atom stereocenters. The second kappa shape index (κ2) is 7.00. The molecule has 0 aliphatic carbocycles. The summed E-state index contributed by atoms with van der Waals surface area (Å²) in [4.78, 5) is 4.50. The molecule has 0 aliphatic heterocycles. The Morgan fingerprint density at radius 2 is 1.77 bits per heavy atom. The van der Waals surface area contributed by atoms with Crippen molar-refractivity contribution in [3.05, 3.63) is 78.1 Å². The van der Waals surface area contributed by atoms with Gasteiger partial charge in [0.25, 0.3) is 5.89 Å². The highest BCUT2D eigenvalue weighted by Gasteiger charge is 2.12. The van der Waals surface area contributed by atoms with Crippen molar-refractivity contribution in [3.63, 3.8) is 0 Å². The SMILES string of the molecule is CC(C)c1cccc(OCc2noc(-c3cccc4ccccc34)n2)c1. The third kappa shape index (κ3) is 3.31. The van der Waals surface area contributed by atoms with Gasteiger partial charge in [0, 0.05) is 5.56 Å². The molecular weight excluding hydrogens is 324 g/mol. The summed E-state index contributed by atoms with van der Waals surface area (Å²) in [6, 6.07) is 22.3. The largest absolute Gasteiger partial charge is 0.485 e. The number of hydrogen-bond donors (Lipinski definition) is 0. The molecule has 4 rings (SSSR count). The number of hydrogen-bond acceptors (Lipinski definition) is 4. The first-order valence-electron chi connectivity index (χ1n) is 8.74. The number of benzene rings is 3. The summed E-state index contributed by atoms with van der Waals surface area (Å²) in [5.41, 5.74) is 2.18. The lowest BCUT2D eigenvalue weighted by atomic mass is 10.0.